The van der Waals surface area contributed by atoms with E-state index in [1.807, 2.05) is 13.8 Å². The van der Waals surface area contributed by atoms with Gasteiger partial charge in [0.15, 0.2) is 0 Å². The van der Waals surface area contributed by atoms with Gasteiger partial charge in [-0.25, -0.2) is 9.18 Å². The van der Waals surface area contributed by atoms with Crippen LogP contribution in [0.4, 0.5) is 22.4 Å². The highest BCUT2D eigenvalue weighted by molar-refractivity contribution is 5.74. The number of halogens is 4. The zero-order chi connectivity index (χ0) is 17.6. The lowest BCUT2D eigenvalue weighted by atomic mass is 10.0. The van der Waals surface area contributed by atoms with Crippen LogP contribution in [0.5, 0.6) is 0 Å². The lowest BCUT2D eigenvalue weighted by molar-refractivity contribution is -0.138. The van der Waals surface area contributed by atoms with Gasteiger partial charge in [0.05, 0.1) is 5.56 Å². The van der Waals surface area contributed by atoms with Crippen LogP contribution in [0.2, 0.25) is 0 Å². The third-order valence-electron chi connectivity index (χ3n) is 3.38. The molecule has 1 aromatic rings. The van der Waals surface area contributed by atoms with Crippen molar-refractivity contribution in [1.82, 2.24) is 10.6 Å². The number of benzene rings is 1. The van der Waals surface area contributed by atoms with E-state index in [2.05, 4.69) is 10.6 Å². The first-order valence-electron chi connectivity index (χ1n) is 7.16. The predicted octanol–water partition coefficient (Wildman–Crippen LogP) is 3.05. The van der Waals surface area contributed by atoms with Gasteiger partial charge in [0, 0.05) is 19.2 Å². The van der Waals surface area contributed by atoms with Crippen LogP contribution in [-0.2, 0) is 12.7 Å². The number of aliphatic hydroxyl groups is 1. The molecule has 0 aromatic heterocycles. The van der Waals surface area contributed by atoms with Crippen molar-refractivity contribution in [1.29, 1.82) is 0 Å². The van der Waals surface area contributed by atoms with E-state index in [4.69, 9.17) is 5.11 Å². The second-order valence-electron chi connectivity index (χ2n) is 5.49. The molecule has 3 N–H and O–H groups in total. The van der Waals surface area contributed by atoms with Crippen LogP contribution in [-0.4, -0.2) is 23.8 Å². The third-order valence-corrected chi connectivity index (χ3v) is 3.38. The average Bonchev–Trinajstić information content (AvgIpc) is 2.44. The fourth-order valence-corrected chi connectivity index (χ4v) is 2.07. The van der Waals surface area contributed by atoms with Crippen LogP contribution in [0.15, 0.2) is 18.2 Å². The number of urea groups is 1. The molecule has 0 heterocycles. The highest BCUT2D eigenvalue weighted by Gasteiger charge is 2.33. The van der Waals surface area contributed by atoms with Gasteiger partial charge in [-0.3, -0.25) is 0 Å². The quantitative estimate of drug-likeness (QED) is 0.699. The Hall–Kier alpha value is -1.83. The number of amides is 2. The molecule has 130 valence electrons. The SMILES string of the molecule is CC(C)C(CCO)NC(=O)NCc1ccc(F)cc1C(F)(F)F. The Morgan fingerprint density at radius 2 is 1.96 bits per heavy atom. The van der Waals surface area contributed by atoms with Crippen LogP contribution >= 0.6 is 0 Å². The summed E-state index contributed by atoms with van der Waals surface area (Å²) in [6.45, 7) is 3.20. The monoisotopic (exact) mass is 336 g/mol. The fraction of sp³-hybridized carbons (Fsp3) is 0.533. The number of hydrogen-bond acceptors (Lipinski definition) is 2. The van der Waals surface area contributed by atoms with Gasteiger partial charge < -0.3 is 15.7 Å². The zero-order valence-electron chi connectivity index (χ0n) is 12.9. The van der Waals surface area contributed by atoms with Gasteiger partial charge in [-0.1, -0.05) is 19.9 Å². The smallest absolute Gasteiger partial charge is 0.396 e. The molecule has 0 aliphatic heterocycles. The average molecular weight is 336 g/mol. The van der Waals surface area contributed by atoms with Crippen molar-refractivity contribution in [2.24, 2.45) is 5.92 Å². The summed E-state index contributed by atoms with van der Waals surface area (Å²) in [6.07, 6.45) is -4.36. The molecule has 4 nitrogen and oxygen atoms in total. The van der Waals surface area contributed by atoms with Crippen LogP contribution < -0.4 is 10.6 Å². The number of hydrogen-bond donors (Lipinski definition) is 3. The van der Waals surface area contributed by atoms with Crippen LogP contribution in [0.3, 0.4) is 0 Å². The molecule has 1 unspecified atom stereocenters. The van der Waals surface area contributed by atoms with E-state index in [0.717, 1.165) is 12.1 Å². The first-order chi connectivity index (χ1) is 10.6. The largest absolute Gasteiger partial charge is 0.416 e. The summed E-state index contributed by atoms with van der Waals surface area (Å²) < 4.78 is 51.5. The van der Waals surface area contributed by atoms with E-state index < -0.39 is 23.6 Å². The lowest BCUT2D eigenvalue weighted by Gasteiger charge is -2.22. The molecule has 0 fully saturated rings. The summed E-state index contributed by atoms with van der Waals surface area (Å²) in [5.41, 5.74) is -1.34. The third kappa shape index (κ3) is 6.05. The molecule has 2 amide bonds. The van der Waals surface area contributed by atoms with Crippen LogP contribution in [0.25, 0.3) is 0 Å². The first kappa shape index (κ1) is 19.2. The maximum absolute atomic E-state index is 13.0. The Morgan fingerprint density at radius 1 is 1.30 bits per heavy atom. The summed E-state index contributed by atoms with van der Waals surface area (Å²) in [5, 5.41) is 13.8. The standard InChI is InChI=1S/C15H20F4N2O2/c1-9(2)13(5-6-22)21-14(23)20-8-10-3-4-11(16)7-12(10)15(17,18)19/h3-4,7,9,13,22H,5-6,8H2,1-2H3,(H2,20,21,23). The highest BCUT2D eigenvalue weighted by Crippen LogP contribution is 2.32. The number of alkyl halides is 3. The van der Waals surface area contributed by atoms with E-state index in [0.29, 0.717) is 12.5 Å². The molecule has 1 atom stereocenters. The molecule has 0 saturated heterocycles. The maximum Gasteiger partial charge on any atom is 0.416 e. The van der Waals surface area contributed by atoms with Crippen molar-refractivity contribution in [2.45, 2.75) is 39.0 Å². The predicted molar refractivity (Wildman–Crippen MR) is 77.1 cm³/mol. The van der Waals surface area contributed by atoms with E-state index in [1.54, 1.807) is 0 Å². The molecule has 23 heavy (non-hydrogen) atoms. The van der Waals surface area contributed by atoms with Crippen LogP contribution in [0, 0.1) is 11.7 Å². The summed E-state index contributed by atoms with van der Waals surface area (Å²) >= 11 is 0. The second kappa shape index (κ2) is 8.14. The van der Waals surface area contributed by atoms with Gasteiger partial charge in [0.1, 0.15) is 5.82 Å². The molecule has 0 aliphatic rings. The minimum absolute atomic E-state index is 0.0597. The van der Waals surface area contributed by atoms with Crippen molar-refractivity contribution in [2.75, 3.05) is 6.61 Å². The van der Waals surface area contributed by atoms with E-state index in [9.17, 15) is 22.4 Å². The van der Waals surface area contributed by atoms with Gasteiger partial charge >= 0.3 is 12.2 Å². The molecule has 8 heteroatoms. The zero-order valence-corrected chi connectivity index (χ0v) is 12.9. The molecule has 1 aromatic carbocycles. The number of rotatable bonds is 6. The number of carbonyl (C=O) groups excluding carboxylic acids is 1. The molecular weight excluding hydrogens is 316 g/mol. The van der Waals surface area contributed by atoms with Gasteiger partial charge in [0.2, 0.25) is 0 Å². The Kier molecular flexibility index (Phi) is 6.80. The molecule has 1 rings (SSSR count). The summed E-state index contributed by atoms with van der Waals surface area (Å²) in [6, 6.07) is 1.36. The minimum Gasteiger partial charge on any atom is -0.396 e. The number of carbonyl (C=O) groups is 1. The summed E-state index contributed by atoms with van der Waals surface area (Å²) in [5.74, 6) is -0.933. The van der Waals surface area contributed by atoms with Crippen molar-refractivity contribution >= 4 is 6.03 Å². The van der Waals surface area contributed by atoms with Gasteiger partial charge in [-0.2, -0.15) is 13.2 Å². The fourth-order valence-electron chi connectivity index (χ4n) is 2.07. The molecular formula is C15H20F4N2O2. The molecule has 0 spiro atoms. The van der Waals surface area contributed by atoms with Crippen LogP contribution in [0.1, 0.15) is 31.4 Å². The Labute approximate surface area is 131 Å². The Bertz CT molecular complexity index is 533. The number of nitrogens with one attached hydrogen (secondary N) is 2. The van der Waals surface area contributed by atoms with Crippen molar-refractivity contribution in [3.63, 3.8) is 0 Å². The Morgan fingerprint density at radius 3 is 2.48 bits per heavy atom. The highest BCUT2D eigenvalue weighted by atomic mass is 19.4. The minimum atomic E-state index is -4.70. The molecule has 0 bridgehead atoms. The topological polar surface area (TPSA) is 61.4 Å². The Balaban J connectivity index is 2.73. The molecule has 0 aliphatic carbocycles. The van der Waals surface area contributed by atoms with Crippen molar-refractivity contribution < 1.29 is 27.5 Å². The molecule has 0 saturated carbocycles. The van der Waals surface area contributed by atoms with Gasteiger partial charge in [-0.05, 0) is 30.0 Å². The molecule has 0 radical (unpaired) electrons. The normalized spacial score (nSPS) is 13.0. The second-order valence-corrected chi connectivity index (χ2v) is 5.49. The van der Waals surface area contributed by atoms with Crippen molar-refractivity contribution in [3.8, 4) is 0 Å². The van der Waals surface area contributed by atoms with Gasteiger partial charge in [-0.15, -0.1) is 0 Å². The number of aliphatic hydroxyl groups excluding tert-OH is 1. The first-order valence-corrected chi connectivity index (χ1v) is 7.16. The maximum atomic E-state index is 13.0. The van der Waals surface area contributed by atoms with Gasteiger partial charge in [0.25, 0.3) is 0 Å². The van der Waals surface area contributed by atoms with Crippen molar-refractivity contribution in [3.05, 3.63) is 35.1 Å². The van der Waals surface area contributed by atoms with E-state index in [-0.39, 0.29) is 30.7 Å². The summed E-state index contributed by atoms with van der Waals surface area (Å²) in [4.78, 5) is 11.8. The van der Waals surface area contributed by atoms with E-state index >= 15 is 0 Å². The van der Waals surface area contributed by atoms with E-state index in [1.165, 1.54) is 0 Å². The summed E-state index contributed by atoms with van der Waals surface area (Å²) in [7, 11) is 0. The lowest BCUT2D eigenvalue weighted by Crippen LogP contribution is -2.44.